The van der Waals surface area contributed by atoms with Gasteiger partial charge in [0.25, 0.3) is 11.8 Å². The third-order valence-electron chi connectivity index (χ3n) is 16.4. The van der Waals surface area contributed by atoms with Crippen LogP contribution in [0.3, 0.4) is 0 Å². The number of ether oxygens (including phenoxy) is 10. The molecule has 0 aliphatic carbocycles. The number of benzene rings is 2. The first-order valence-corrected chi connectivity index (χ1v) is 33.0. The van der Waals surface area contributed by atoms with E-state index in [0.717, 1.165) is 5.56 Å². The highest BCUT2D eigenvalue weighted by atomic mass is 19.2. The number of nitrogens with one attached hydrogen (secondary N) is 4. The standard InChI is InChI=1S/C68H100F5N7O19/c1-13-44(6)62(49(90-10)41-53(84)80-27-17-20-48(80)63(91-11)45(7)65(86)76-47(68(89)92-12)40-46-18-15-14-16-19-46)79(9)67(88)60(42(2)3)77-66(87)61(43(4)5)78(8)52(83)23-28-93-32-36-97-38-34-95-30-25-74-50(81)21-22-51(82)75-26-31-96-35-39-98-37-33-94-29-24-54(85)99-64-58(72)56(70)55(69)57(71)59(64)73/h14-16,18-19,42-45,47-49,60-63H,13,17,20,23-41H2,1-12H3,(H,74,81)(H,75,82)(H,76,86)(H,77,87)/t44-,45+,47-,48-,49-,60-,61-,62-,63+/m0/s1. The second-order valence-corrected chi connectivity index (χ2v) is 24.1. The van der Waals surface area contributed by atoms with Crippen molar-refractivity contribution in [1.29, 1.82) is 0 Å². The fourth-order valence-corrected chi connectivity index (χ4v) is 10.9. The van der Waals surface area contributed by atoms with Crippen LogP contribution in [0.15, 0.2) is 30.3 Å². The Morgan fingerprint density at radius 2 is 1.12 bits per heavy atom. The number of likely N-dealkylation sites (tertiary alicyclic amines) is 1. The van der Waals surface area contributed by atoms with Crippen LogP contribution in [0.5, 0.6) is 5.75 Å². The van der Waals surface area contributed by atoms with E-state index in [1.54, 1.807) is 37.6 Å². The molecule has 1 aliphatic heterocycles. The molecule has 1 heterocycles. The summed E-state index contributed by atoms with van der Waals surface area (Å²) in [5.41, 5.74) is 0.834. The summed E-state index contributed by atoms with van der Waals surface area (Å²) in [5.74, 6) is -15.8. The van der Waals surface area contributed by atoms with Crippen LogP contribution in [0.25, 0.3) is 0 Å². The molecular formula is C68H100F5N7O19. The van der Waals surface area contributed by atoms with Crippen LogP contribution in [-0.2, 0) is 92.2 Å². The van der Waals surface area contributed by atoms with Gasteiger partial charge in [0.15, 0.2) is 0 Å². The van der Waals surface area contributed by atoms with Crippen LogP contribution in [0.1, 0.15) is 92.6 Å². The number of halogens is 5. The van der Waals surface area contributed by atoms with Crippen molar-refractivity contribution in [3.8, 4) is 17.6 Å². The van der Waals surface area contributed by atoms with Gasteiger partial charge in [0.1, 0.15) is 18.1 Å². The van der Waals surface area contributed by atoms with E-state index in [-0.39, 0.29) is 141 Å². The van der Waals surface area contributed by atoms with E-state index in [1.807, 2.05) is 58.0 Å². The molecular weight excluding hydrogens is 1310 g/mol. The van der Waals surface area contributed by atoms with E-state index in [1.165, 1.54) is 33.3 Å². The van der Waals surface area contributed by atoms with Crippen LogP contribution in [0.2, 0.25) is 0 Å². The first-order valence-electron chi connectivity index (χ1n) is 33.0. The van der Waals surface area contributed by atoms with Crippen molar-refractivity contribution in [1.82, 2.24) is 36.0 Å². The summed E-state index contributed by atoms with van der Waals surface area (Å²) >= 11 is 0. The lowest BCUT2D eigenvalue weighted by Crippen LogP contribution is -2.60. The number of methoxy groups -OCH3 is 3. The number of amides is 7. The quantitative estimate of drug-likeness (QED) is 0.0139. The molecule has 0 unspecified atom stereocenters. The fraction of sp³-hybridized carbons (Fsp3) is 0.662. The normalized spacial score (nSPS) is 15.3. The van der Waals surface area contributed by atoms with Crippen LogP contribution in [0.4, 0.5) is 22.0 Å². The highest BCUT2D eigenvalue weighted by Crippen LogP contribution is 2.32. The first-order chi connectivity index (χ1) is 47.2. The molecule has 0 spiro atoms. The van der Waals surface area contributed by atoms with Gasteiger partial charge in [-0.15, -0.1) is 0 Å². The minimum atomic E-state index is -2.39. The summed E-state index contributed by atoms with van der Waals surface area (Å²) in [7, 11) is 7.41. The number of carbonyl (C=O) groups excluding carboxylic acids is 9. The van der Waals surface area contributed by atoms with Crippen molar-refractivity contribution < 1.29 is 112 Å². The molecule has 0 saturated carbocycles. The maximum Gasteiger partial charge on any atom is 0.328 e. The molecule has 4 N–H and O–H groups in total. The summed E-state index contributed by atoms with van der Waals surface area (Å²) < 4.78 is 121. The Morgan fingerprint density at radius 3 is 1.61 bits per heavy atom. The maximum absolute atomic E-state index is 14.7. The van der Waals surface area contributed by atoms with Gasteiger partial charge in [0.05, 0.1) is 136 Å². The van der Waals surface area contributed by atoms with Gasteiger partial charge in [-0.25, -0.2) is 18.0 Å². The molecule has 31 heteroatoms. The van der Waals surface area contributed by atoms with E-state index >= 15 is 0 Å². The molecule has 1 aliphatic rings. The van der Waals surface area contributed by atoms with Crippen molar-refractivity contribution in [3.05, 3.63) is 65.0 Å². The third-order valence-corrected chi connectivity index (χ3v) is 16.4. The Morgan fingerprint density at radius 1 is 0.616 bits per heavy atom. The van der Waals surface area contributed by atoms with Crippen molar-refractivity contribution >= 4 is 53.3 Å². The average Bonchev–Trinajstić information content (AvgIpc) is 1.72. The Kier molecular flexibility index (Phi) is 39.9. The van der Waals surface area contributed by atoms with Crippen LogP contribution in [-0.4, -0.2) is 245 Å². The molecule has 0 bridgehead atoms. The highest BCUT2D eigenvalue weighted by molar-refractivity contribution is 6.02. The molecule has 2 aromatic rings. The van der Waals surface area contributed by atoms with Gasteiger partial charge in [-0.2, -0.15) is 8.78 Å². The lowest BCUT2D eigenvalue weighted by atomic mass is 9.89. The zero-order chi connectivity index (χ0) is 73.7. The first kappa shape index (κ1) is 85.8. The topological polar surface area (TPSA) is 304 Å². The number of hydrogen-bond donors (Lipinski definition) is 4. The zero-order valence-corrected chi connectivity index (χ0v) is 58.8. The molecule has 0 radical (unpaired) electrons. The number of nitrogens with zero attached hydrogens (tertiary/aromatic N) is 3. The van der Waals surface area contributed by atoms with Crippen LogP contribution < -0.4 is 26.0 Å². The Hall–Kier alpha value is -7.44. The molecule has 2 aromatic carbocycles. The zero-order valence-electron chi connectivity index (χ0n) is 58.8. The van der Waals surface area contributed by atoms with Gasteiger partial charge in [-0.3, -0.25) is 38.4 Å². The van der Waals surface area contributed by atoms with Crippen molar-refractivity contribution in [2.75, 3.05) is 134 Å². The predicted octanol–water partition coefficient (Wildman–Crippen LogP) is 3.85. The molecule has 0 aromatic heterocycles. The monoisotopic (exact) mass is 1410 g/mol. The van der Waals surface area contributed by atoms with Gasteiger partial charge in [-0.1, -0.05) is 85.2 Å². The molecule has 556 valence electrons. The van der Waals surface area contributed by atoms with E-state index in [0.29, 0.717) is 25.8 Å². The van der Waals surface area contributed by atoms with Crippen molar-refractivity contribution in [2.24, 2.45) is 23.7 Å². The number of carbonyl (C=O) groups is 9. The number of rotatable bonds is 46. The molecule has 9 atom stereocenters. The minimum absolute atomic E-state index is 0.0163. The van der Waals surface area contributed by atoms with E-state index in [4.69, 9.17) is 42.6 Å². The third kappa shape index (κ3) is 28.6. The van der Waals surface area contributed by atoms with Crippen molar-refractivity contribution in [3.63, 3.8) is 0 Å². The Balaban J connectivity index is 1.34. The van der Waals surface area contributed by atoms with E-state index < -0.39 is 131 Å². The second kappa shape index (κ2) is 46.1. The molecule has 3 rings (SSSR count). The SMILES string of the molecule is CC[C@H](C)[C@@H]([C@H](CC(=O)N1CCC[C@H]1[C@H](OC)[C@@H](C)C(=O)N[C@@H](Cc1ccccc1)C(=O)OC)OC)N(C)C(=O)[C@@H](NC(=O)[C@H](C(C)C)N(C)C(=O)CCOCCOCCOCCNC(=O)C#CC(=O)NCCOCCOCCOCCC(=O)Oc1c(F)c(F)c(F)c(F)c1F)C(C)C. The Labute approximate surface area is 576 Å². The average molecular weight is 1410 g/mol. The molecule has 26 nitrogen and oxygen atoms in total. The van der Waals surface area contributed by atoms with Gasteiger partial charge in [-0.05, 0) is 36.2 Å². The summed E-state index contributed by atoms with van der Waals surface area (Å²) in [6.45, 7) is 14.4. The van der Waals surface area contributed by atoms with Crippen molar-refractivity contribution in [2.45, 2.75) is 136 Å². The van der Waals surface area contributed by atoms with Gasteiger partial charge in [0, 0.05) is 66.2 Å². The van der Waals surface area contributed by atoms with E-state index in [2.05, 4.69) is 37.8 Å². The highest BCUT2D eigenvalue weighted by Gasteiger charge is 2.44. The molecule has 1 saturated heterocycles. The maximum atomic E-state index is 14.7. The number of esters is 2. The summed E-state index contributed by atoms with van der Waals surface area (Å²) in [4.78, 5) is 124. The number of hydrogen-bond acceptors (Lipinski definition) is 19. The lowest BCUT2D eigenvalue weighted by Gasteiger charge is -2.41. The summed E-state index contributed by atoms with van der Waals surface area (Å²) in [5, 5.41) is 10.7. The predicted molar refractivity (Wildman–Crippen MR) is 348 cm³/mol. The molecule has 99 heavy (non-hydrogen) atoms. The van der Waals surface area contributed by atoms with Gasteiger partial charge >= 0.3 is 11.9 Å². The smallest absolute Gasteiger partial charge is 0.328 e. The lowest BCUT2D eigenvalue weighted by molar-refractivity contribution is -0.149. The Bertz CT molecular complexity index is 2930. The summed E-state index contributed by atoms with van der Waals surface area (Å²) in [6.07, 6.45) is -0.145. The van der Waals surface area contributed by atoms with Gasteiger partial charge < -0.3 is 83.3 Å². The fourth-order valence-electron chi connectivity index (χ4n) is 10.9. The molecule has 1 fully saturated rings. The summed E-state index contributed by atoms with van der Waals surface area (Å²) in [6, 6.07) is 5.23. The van der Waals surface area contributed by atoms with E-state index in [9.17, 15) is 65.1 Å². The van der Waals surface area contributed by atoms with Gasteiger partial charge in [0.2, 0.25) is 64.4 Å². The van der Waals surface area contributed by atoms with Crippen LogP contribution >= 0.6 is 0 Å². The number of likely N-dealkylation sites (N-methyl/N-ethyl adjacent to an activating group) is 2. The largest absolute Gasteiger partial charge is 0.467 e. The van der Waals surface area contributed by atoms with Crippen LogP contribution in [0, 0.1) is 64.6 Å². The minimum Gasteiger partial charge on any atom is -0.467 e. The second-order valence-electron chi connectivity index (χ2n) is 24.1. The molecule has 7 amide bonds.